The number of aromatic nitrogens is 3. The van der Waals surface area contributed by atoms with Gasteiger partial charge in [0.25, 0.3) is 5.91 Å². The van der Waals surface area contributed by atoms with Crippen LogP contribution in [-0.2, 0) is 6.54 Å². The van der Waals surface area contributed by atoms with Gasteiger partial charge in [0.05, 0.1) is 11.7 Å². The summed E-state index contributed by atoms with van der Waals surface area (Å²) >= 11 is 0. The summed E-state index contributed by atoms with van der Waals surface area (Å²) in [5.41, 5.74) is 4.76. The van der Waals surface area contributed by atoms with Crippen LogP contribution in [0.1, 0.15) is 41.6 Å². The summed E-state index contributed by atoms with van der Waals surface area (Å²) in [6.45, 7) is 6.53. The van der Waals surface area contributed by atoms with Gasteiger partial charge in [-0.2, -0.15) is 5.10 Å². The Bertz CT molecular complexity index is 853. The SMILES string of the molecule is CCn1nc(C)cc1C(=O)N[C@H](C)c1ccc(-c2ccncc2)cc1. The molecule has 3 aromatic rings. The van der Waals surface area contributed by atoms with E-state index in [1.807, 2.05) is 51.1 Å². The second kappa shape index (κ2) is 7.30. The van der Waals surface area contributed by atoms with Crippen molar-refractivity contribution in [1.82, 2.24) is 20.1 Å². The average molecular weight is 334 g/mol. The van der Waals surface area contributed by atoms with Crippen LogP contribution < -0.4 is 5.32 Å². The van der Waals surface area contributed by atoms with E-state index in [0.29, 0.717) is 12.2 Å². The lowest BCUT2D eigenvalue weighted by molar-refractivity contribution is 0.0929. The zero-order valence-electron chi connectivity index (χ0n) is 14.7. The first-order valence-electron chi connectivity index (χ1n) is 8.44. The van der Waals surface area contributed by atoms with Crippen molar-refractivity contribution in [2.24, 2.45) is 0 Å². The molecule has 0 fully saturated rings. The van der Waals surface area contributed by atoms with Crippen molar-refractivity contribution in [2.75, 3.05) is 0 Å². The van der Waals surface area contributed by atoms with Crippen molar-refractivity contribution in [3.05, 3.63) is 71.8 Å². The Morgan fingerprint density at radius 1 is 1.12 bits per heavy atom. The van der Waals surface area contributed by atoms with Crippen molar-refractivity contribution in [3.8, 4) is 11.1 Å². The highest BCUT2D eigenvalue weighted by atomic mass is 16.2. The Balaban J connectivity index is 1.72. The number of rotatable bonds is 5. The van der Waals surface area contributed by atoms with E-state index >= 15 is 0 Å². The van der Waals surface area contributed by atoms with Crippen molar-refractivity contribution in [1.29, 1.82) is 0 Å². The van der Waals surface area contributed by atoms with Gasteiger partial charge in [-0.25, -0.2) is 0 Å². The van der Waals surface area contributed by atoms with E-state index in [2.05, 4.69) is 27.5 Å². The van der Waals surface area contributed by atoms with Crippen LogP contribution in [0.4, 0.5) is 0 Å². The molecule has 1 aromatic carbocycles. The minimum absolute atomic E-state index is 0.0838. The molecular weight excluding hydrogens is 312 g/mol. The van der Waals surface area contributed by atoms with E-state index in [1.165, 1.54) is 0 Å². The lowest BCUT2D eigenvalue weighted by Gasteiger charge is -2.15. The Morgan fingerprint density at radius 2 is 1.76 bits per heavy atom. The maximum Gasteiger partial charge on any atom is 0.270 e. The van der Waals surface area contributed by atoms with Crippen molar-refractivity contribution < 1.29 is 4.79 Å². The van der Waals surface area contributed by atoms with E-state index < -0.39 is 0 Å². The molecule has 0 radical (unpaired) electrons. The number of aryl methyl sites for hydroxylation is 2. The molecule has 1 amide bonds. The average Bonchev–Trinajstić information content (AvgIpc) is 3.03. The van der Waals surface area contributed by atoms with Crippen LogP contribution in [0.5, 0.6) is 0 Å². The number of pyridine rings is 1. The summed E-state index contributed by atoms with van der Waals surface area (Å²) in [7, 11) is 0. The first-order chi connectivity index (χ1) is 12.1. The number of nitrogens with zero attached hydrogens (tertiary/aromatic N) is 3. The minimum atomic E-state index is -0.104. The molecule has 2 aromatic heterocycles. The van der Waals surface area contributed by atoms with Crippen LogP contribution in [0.15, 0.2) is 54.9 Å². The Hall–Kier alpha value is -2.95. The van der Waals surface area contributed by atoms with Crippen molar-refractivity contribution in [2.45, 2.75) is 33.4 Å². The van der Waals surface area contributed by atoms with Crippen molar-refractivity contribution >= 4 is 5.91 Å². The second-order valence-electron chi connectivity index (χ2n) is 6.04. The van der Waals surface area contributed by atoms with E-state index in [-0.39, 0.29) is 11.9 Å². The summed E-state index contributed by atoms with van der Waals surface area (Å²) in [6, 6.07) is 13.9. The highest BCUT2D eigenvalue weighted by molar-refractivity contribution is 5.93. The molecule has 0 bridgehead atoms. The smallest absolute Gasteiger partial charge is 0.270 e. The maximum absolute atomic E-state index is 12.5. The Morgan fingerprint density at radius 3 is 2.40 bits per heavy atom. The second-order valence-corrected chi connectivity index (χ2v) is 6.04. The normalized spacial score (nSPS) is 12.0. The van der Waals surface area contributed by atoms with Gasteiger partial charge in [-0.3, -0.25) is 14.5 Å². The number of amides is 1. The third kappa shape index (κ3) is 3.76. The molecule has 0 aliphatic heterocycles. The topological polar surface area (TPSA) is 59.8 Å². The predicted octanol–water partition coefficient (Wildman–Crippen LogP) is 3.76. The Kier molecular flexibility index (Phi) is 4.93. The lowest BCUT2D eigenvalue weighted by atomic mass is 10.0. The zero-order chi connectivity index (χ0) is 17.8. The number of nitrogens with one attached hydrogen (secondary N) is 1. The molecule has 3 rings (SSSR count). The standard InChI is InChI=1S/C20H22N4O/c1-4-24-19(13-14(2)23-24)20(25)22-15(3)16-5-7-17(8-6-16)18-9-11-21-12-10-18/h5-13,15H,4H2,1-3H3,(H,22,25)/t15-/m1/s1. The molecule has 5 heteroatoms. The van der Waals surface area contributed by atoms with Crippen LogP contribution in [0, 0.1) is 6.92 Å². The van der Waals surface area contributed by atoms with Gasteiger partial charge >= 0.3 is 0 Å². The number of benzene rings is 1. The summed E-state index contributed by atoms with van der Waals surface area (Å²) in [6.07, 6.45) is 3.57. The number of hydrogen-bond acceptors (Lipinski definition) is 3. The molecule has 0 spiro atoms. The molecule has 0 unspecified atom stereocenters. The first-order valence-corrected chi connectivity index (χ1v) is 8.44. The fourth-order valence-corrected chi connectivity index (χ4v) is 2.83. The third-order valence-corrected chi connectivity index (χ3v) is 4.21. The van der Waals surface area contributed by atoms with Crippen LogP contribution in [0.2, 0.25) is 0 Å². The molecule has 128 valence electrons. The molecule has 0 saturated carbocycles. The van der Waals surface area contributed by atoms with E-state index in [0.717, 1.165) is 22.4 Å². The van der Waals surface area contributed by atoms with Gasteiger partial charge < -0.3 is 5.32 Å². The number of carbonyl (C=O) groups excluding carboxylic acids is 1. The van der Waals surface area contributed by atoms with Crippen LogP contribution in [0.25, 0.3) is 11.1 Å². The maximum atomic E-state index is 12.5. The molecule has 1 N–H and O–H groups in total. The molecule has 2 heterocycles. The van der Waals surface area contributed by atoms with Crippen LogP contribution in [-0.4, -0.2) is 20.7 Å². The van der Waals surface area contributed by atoms with Gasteiger partial charge in [0, 0.05) is 18.9 Å². The molecule has 25 heavy (non-hydrogen) atoms. The summed E-state index contributed by atoms with van der Waals surface area (Å²) in [5.74, 6) is -0.104. The van der Waals surface area contributed by atoms with E-state index in [1.54, 1.807) is 17.1 Å². The van der Waals surface area contributed by atoms with E-state index in [9.17, 15) is 4.79 Å². The van der Waals surface area contributed by atoms with Crippen LogP contribution in [0.3, 0.4) is 0 Å². The molecule has 1 atom stereocenters. The zero-order valence-corrected chi connectivity index (χ0v) is 14.7. The Labute approximate surface area is 147 Å². The summed E-state index contributed by atoms with van der Waals surface area (Å²) < 4.78 is 1.73. The van der Waals surface area contributed by atoms with Crippen molar-refractivity contribution in [3.63, 3.8) is 0 Å². The highest BCUT2D eigenvalue weighted by Gasteiger charge is 2.16. The lowest BCUT2D eigenvalue weighted by Crippen LogP contribution is -2.28. The van der Waals surface area contributed by atoms with E-state index in [4.69, 9.17) is 0 Å². The predicted molar refractivity (Wildman–Crippen MR) is 98.2 cm³/mol. The van der Waals surface area contributed by atoms with Gasteiger partial charge in [0.2, 0.25) is 0 Å². The van der Waals surface area contributed by atoms with Gasteiger partial charge in [0.1, 0.15) is 5.69 Å². The monoisotopic (exact) mass is 334 g/mol. The van der Waals surface area contributed by atoms with Gasteiger partial charge in [0.15, 0.2) is 0 Å². The largest absolute Gasteiger partial charge is 0.344 e. The first kappa shape index (κ1) is 16.9. The van der Waals surface area contributed by atoms with Crippen LogP contribution >= 0.6 is 0 Å². The molecule has 0 aliphatic carbocycles. The summed E-state index contributed by atoms with van der Waals surface area (Å²) in [5, 5.41) is 7.38. The number of hydrogen-bond donors (Lipinski definition) is 1. The van der Waals surface area contributed by atoms with Gasteiger partial charge in [-0.15, -0.1) is 0 Å². The van der Waals surface area contributed by atoms with Gasteiger partial charge in [-0.05, 0) is 55.7 Å². The number of carbonyl (C=O) groups is 1. The molecule has 5 nitrogen and oxygen atoms in total. The quantitative estimate of drug-likeness (QED) is 0.773. The molecule has 0 aliphatic rings. The summed E-state index contributed by atoms with van der Waals surface area (Å²) in [4.78, 5) is 16.6. The third-order valence-electron chi connectivity index (χ3n) is 4.21. The minimum Gasteiger partial charge on any atom is -0.344 e. The molecule has 0 saturated heterocycles. The van der Waals surface area contributed by atoms with Gasteiger partial charge in [-0.1, -0.05) is 24.3 Å². The fraction of sp³-hybridized carbons (Fsp3) is 0.250. The fourth-order valence-electron chi connectivity index (χ4n) is 2.83. The molecular formula is C20H22N4O. The highest BCUT2D eigenvalue weighted by Crippen LogP contribution is 2.21.